The number of Topliss-reactive ketones (excluding diaryl/α,β-unsaturated/α-hetero) is 1. The molecule has 0 aliphatic heterocycles. The Morgan fingerprint density at radius 1 is 1.39 bits per heavy atom. The maximum atomic E-state index is 12.4. The summed E-state index contributed by atoms with van der Waals surface area (Å²) in [7, 11) is 0. The molecule has 0 bridgehead atoms. The number of hydrogen-bond donors (Lipinski definition) is 1. The molecule has 2 atom stereocenters. The van der Waals surface area contributed by atoms with Crippen LogP contribution in [0.3, 0.4) is 0 Å². The second kappa shape index (κ2) is 5.23. The molecule has 2 N–H and O–H groups in total. The van der Waals surface area contributed by atoms with Gasteiger partial charge in [-0.25, -0.2) is 0 Å². The van der Waals surface area contributed by atoms with Gasteiger partial charge in [-0.3, -0.25) is 4.79 Å². The molecular weight excluding hydrogens is 222 g/mol. The van der Waals surface area contributed by atoms with E-state index in [0.717, 1.165) is 24.8 Å². The van der Waals surface area contributed by atoms with Crippen molar-refractivity contribution < 1.29 is 4.79 Å². The lowest BCUT2D eigenvalue weighted by atomic mass is 9.73. The molecule has 0 radical (unpaired) electrons. The van der Waals surface area contributed by atoms with Crippen LogP contribution in [0, 0.1) is 12.8 Å². The van der Waals surface area contributed by atoms with Crippen molar-refractivity contribution in [3.63, 3.8) is 0 Å². The van der Waals surface area contributed by atoms with E-state index in [4.69, 9.17) is 5.73 Å². The van der Waals surface area contributed by atoms with Gasteiger partial charge in [-0.05, 0) is 31.2 Å². The molecule has 98 valence electrons. The topological polar surface area (TPSA) is 43.1 Å². The van der Waals surface area contributed by atoms with Crippen LogP contribution in [0.15, 0.2) is 24.3 Å². The SMILES string of the molecule is Cc1ccc(CC(=O)C2(N)CCCC(C)C2)cc1. The van der Waals surface area contributed by atoms with Crippen molar-refractivity contribution in [2.75, 3.05) is 0 Å². The predicted octanol–water partition coefficient (Wildman–Crippen LogP) is 3.01. The fourth-order valence-corrected chi connectivity index (χ4v) is 2.91. The molecular formula is C16H23NO. The van der Waals surface area contributed by atoms with Crippen LogP contribution in [0.25, 0.3) is 0 Å². The Morgan fingerprint density at radius 3 is 2.67 bits per heavy atom. The first-order valence-corrected chi connectivity index (χ1v) is 6.87. The standard InChI is InChI=1S/C16H23NO/c1-12-5-7-14(8-6-12)10-15(18)16(17)9-3-4-13(2)11-16/h5-8,13H,3-4,9-11,17H2,1-2H3. The van der Waals surface area contributed by atoms with Gasteiger partial charge in [-0.2, -0.15) is 0 Å². The maximum absolute atomic E-state index is 12.4. The molecule has 0 amide bonds. The minimum absolute atomic E-state index is 0.206. The van der Waals surface area contributed by atoms with E-state index in [0.29, 0.717) is 12.3 Å². The third-order valence-electron chi connectivity index (χ3n) is 4.07. The normalized spacial score (nSPS) is 28.1. The van der Waals surface area contributed by atoms with E-state index < -0.39 is 5.54 Å². The van der Waals surface area contributed by atoms with Crippen molar-refractivity contribution in [1.82, 2.24) is 0 Å². The third-order valence-corrected chi connectivity index (χ3v) is 4.07. The molecule has 1 fully saturated rings. The Balaban J connectivity index is 2.04. The molecule has 2 rings (SSSR count). The number of carbonyl (C=O) groups is 1. The number of rotatable bonds is 3. The van der Waals surface area contributed by atoms with Crippen LogP contribution in [-0.4, -0.2) is 11.3 Å². The molecule has 2 nitrogen and oxygen atoms in total. The summed E-state index contributed by atoms with van der Waals surface area (Å²) in [5.74, 6) is 0.781. The van der Waals surface area contributed by atoms with E-state index in [2.05, 4.69) is 26.0 Å². The van der Waals surface area contributed by atoms with Gasteiger partial charge in [-0.15, -0.1) is 0 Å². The second-order valence-electron chi connectivity index (χ2n) is 5.94. The molecule has 0 heterocycles. The minimum Gasteiger partial charge on any atom is -0.319 e. The number of aryl methyl sites for hydroxylation is 1. The van der Waals surface area contributed by atoms with Gasteiger partial charge in [0.05, 0.1) is 5.54 Å². The molecule has 2 heteroatoms. The van der Waals surface area contributed by atoms with Crippen LogP contribution < -0.4 is 5.73 Å². The van der Waals surface area contributed by atoms with Crippen LogP contribution in [0.4, 0.5) is 0 Å². The molecule has 1 saturated carbocycles. The lowest BCUT2D eigenvalue weighted by molar-refractivity contribution is -0.125. The van der Waals surface area contributed by atoms with Crippen LogP contribution in [0.5, 0.6) is 0 Å². The third kappa shape index (κ3) is 2.99. The fraction of sp³-hybridized carbons (Fsp3) is 0.562. The highest BCUT2D eigenvalue weighted by Crippen LogP contribution is 2.31. The average molecular weight is 245 g/mol. The lowest BCUT2D eigenvalue weighted by Crippen LogP contribution is -2.51. The van der Waals surface area contributed by atoms with Gasteiger partial charge in [0.25, 0.3) is 0 Å². The van der Waals surface area contributed by atoms with Crippen LogP contribution >= 0.6 is 0 Å². The summed E-state index contributed by atoms with van der Waals surface area (Å²) < 4.78 is 0. The van der Waals surface area contributed by atoms with Gasteiger partial charge < -0.3 is 5.73 Å². The number of benzene rings is 1. The first-order valence-electron chi connectivity index (χ1n) is 6.87. The highest BCUT2D eigenvalue weighted by atomic mass is 16.1. The second-order valence-corrected chi connectivity index (χ2v) is 5.94. The highest BCUT2D eigenvalue weighted by molar-refractivity contribution is 5.90. The Bertz CT molecular complexity index is 423. The molecule has 18 heavy (non-hydrogen) atoms. The van der Waals surface area contributed by atoms with Crippen LogP contribution in [-0.2, 0) is 11.2 Å². The Hall–Kier alpha value is -1.15. The van der Waals surface area contributed by atoms with E-state index in [1.54, 1.807) is 0 Å². The molecule has 0 saturated heterocycles. The zero-order chi connectivity index (χ0) is 13.2. The Labute approximate surface area is 110 Å². The van der Waals surface area contributed by atoms with Gasteiger partial charge in [0.15, 0.2) is 5.78 Å². The summed E-state index contributed by atoms with van der Waals surface area (Å²) in [6, 6.07) is 8.16. The van der Waals surface area contributed by atoms with Crippen LogP contribution in [0.2, 0.25) is 0 Å². The van der Waals surface area contributed by atoms with E-state index >= 15 is 0 Å². The molecule has 1 aliphatic rings. The van der Waals surface area contributed by atoms with Gasteiger partial charge in [0.1, 0.15) is 0 Å². The van der Waals surface area contributed by atoms with Crippen molar-refractivity contribution in [2.24, 2.45) is 11.7 Å². The maximum Gasteiger partial charge on any atom is 0.157 e. The van der Waals surface area contributed by atoms with Crippen molar-refractivity contribution in [3.8, 4) is 0 Å². The number of carbonyl (C=O) groups excluding carboxylic acids is 1. The quantitative estimate of drug-likeness (QED) is 0.889. The fourth-order valence-electron chi connectivity index (χ4n) is 2.91. The smallest absolute Gasteiger partial charge is 0.157 e. The zero-order valence-electron chi connectivity index (χ0n) is 11.4. The molecule has 0 aromatic heterocycles. The molecule has 0 spiro atoms. The number of ketones is 1. The molecule has 1 aromatic rings. The van der Waals surface area contributed by atoms with Gasteiger partial charge >= 0.3 is 0 Å². The first-order chi connectivity index (χ1) is 8.49. The van der Waals surface area contributed by atoms with Crippen molar-refractivity contribution in [2.45, 2.75) is 51.5 Å². The summed E-state index contributed by atoms with van der Waals surface area (Å²) in [4.78, 5) is 12.4. The molecule has 2 unspecified atom stereocenters. The summed E-state index contributed by atoms with van der Waals surface area (Å²) in [5.41, 5.74) is 8.04. The molecule has 1 aromatic carbocycles. The van der Waals surface area contributed by atoms with E-state index in [9.17, 15) is 4.79 Å². The number of nitrogens with two attached hydrogens (primary N) is 1. The van der Waals surface area contributed by atoms with Crippen LogP contribution in [0.1, 0.15) is 43.7 Å². The summed E-state index contributed by atoms with van der Waals surface area (Å²) in [5, 5.41) is 0. The van der Waals surface area contributed by atoms with Crippen molar-refractivity contribution >= 4 is 5.78 Å². The summed E-state index contributed by atoms with van der Waals surface area (Å²) in [6.45, 7) is 4.25. The Morgan fingerprint density at radius 2 is 2.06 bits per heavy atom. The first kappa shape index (κ1) is 13.3. The number of hydrogen-bond acceptors (Lipinski definition) is 2. The van der Waals surface area contributed by atoms with E-state index in [1.165, 1.54) is 12.0 Å². The lowest BCUT2D eigenvalue weighted by Gasteiger charge is -2.35. The largest absolute Gasteiger partial charge is 0.319 e. The Kier molecular flexibility index (Phi) is 3.86. The average Bonchev–Trinajstić information content (AvgIpc) is 2.32. The predicted molar refractivity (Wildman–Crippen MR) is 74.4 cm³/mol. The molecule has 1 aliphatic carbocycles. The van der Waals surface area contributed by atoms with E-state index in [1.807, 2.05) is 12.1 Å². The monoisotopic (exact) mass is 245 g/mol. The van der Waals surface area contributed by atoms with Gasteiger partial charge in [0, 0.05) is 6.42 Å². The summed E-state index contributed by atoms with van der Waals surface area (Å²) >= 11 is 0. The van der Waals surface area contributed by atoms with E-state index in [-0.39, 0.29) is 5.78 Å². The highest BCUT2D eigenvalue weighted by Gasteiger charge is 2.37. The van der Waals surface area contributed by atoms with Crippen molar-refractivity contribution in [1.29, 1.82) is 0 Å². The minimum atomic E-state index is -0.581. The zero-order valence-corrected chi connectivity index (χ0v) is 11.4. The summed E-state index contributed by atoms with van der Waals surface area (Å²) in [6.07, 6.45) is 4.46. The van der Waals surface area contributed by atoms with Gasteiger partial charge in [-0.1, -0.05) is 49.6 Å². The van der Waals surface area contributed by atoms with Crippen molar-refractivity contribution in [3.05, 3.63) is 35.4 Å². The van der Waals surface area contributed by atoms with Gasteiger partial charge in [0.2, 0.25) is 0 Å².